The van der Waals surface area contributed by atoms with E-state index in [-0.39, 0.29) is 18.4 Å². The molecule has 0 aliphatic carbocycles. The van der Waals surface area contributed by atoms with Crippen LogP contribution in [0.2, 0.25) is 0 Å². The zero-order valence-corrected chi connectivity index (χ0v) is 15.9. The quantitative estimate of drug-likeness (QED) is 0.645. The molecule has 1 saturated heterocycles. The van der Waals surface area contributed by atoms with Crippen LogP contribution in [0.3, 0.4) is 0 Å². The summed E-state index contributed by atoms with van der Waals surface area (Å²) in [5, 5.41) is 6.89. The average molecular weight is 419 g/mol. The maximum atomic E-state index is 13.1. The van der Waals surface area contributed by atoms with E-state index in [1.807, 2.05) is 22.9 Å². The summed E-state index contributed by atoms with van der Waals surface area (Å²) in [5.74, 6) is 0.738. The molecule has 30 heavy (non-hydrogen) atoms. The molecule has 1 aliphatic heterocycles. The van der Waals surface area contributed by atoms with Crippen LogP contribution >= 0.6 is 0 Å². The third-order valence-corrected chi connectivity index (χ3v) is 4.89. The van der Waals surface area contributed by atoms with Gasteiger partial charge in [0.15, 0.2) is 0 Å². The fraction of sp³-hybridized carbons (Fsp3) is 0.286. The smallest absolute Gasteiger partial charge is 0.416 e. The highest BCUT2D eigenvalue weighted by Crippen LogP contribution is 2.35. The molecular weight excluding hydrogens is 399 g/mol. The van der Waals surface area contributed by atoms with Crippen molar-refractivity contribution in [2.45, 2.75) is 18.6 Å². The van der Waals surface area contributed by atoms with Gasteiger partial charge in [0.1, 0.15) is 5.82 Å². The van der Waals surface area contributed by atoms with Gasteiger partial charge in [0.2, 0.25) is 0 Å². The van der Waals surface area contributed by atoms with Gasteiger partial charge >= 0.3 is 6.18 Å². The number of nitrogens with zero attached hydrogens (tertiary/aromatic N) is 3. The van der Waals surface area contributed by atoms with E-state index in [0.29, 0.717) is 24.6 Å². The molecule has 0 unspecified atom stereocenters. The van der Waals surface area contributed by atoms with E-state index in [1.165, 1.54) is 6.07 Å². The van der Waals surface area contributed by atoms with E-state index < -0.39 is 11.7 Å². The van der Waals surface area contributed by atoms with Crippen molar-refractivity contribution in [3.63, 3.8) is 0 Å². The third kappa shape index (κ3) is 5.04. The summed E-state index contributed by atoms with van der Waals surface area (Å²) in [6, 6.07) is 9.24. The highest BCUT2D eigenvalue weighted by Gasteiger charge is 2.33. The molecule has 2 atom stereocenters. The largest absolute Gasteiger partial charge is 0.483 e. The van der Waals surface area contributed by atoms with Gasteiger partial charge in [-0.2, -0.15) is 13.2 Å². The molecule has 2 aromatic heterocycles. The number of ether oxygens (including phenoxy) is 1. The zero-order chi connectivity index (χ0) is 21.6. The Morgan fingerprint density at radius 2 is 1.90 bits per heavy atom. The van der Waals surface area contributed by atoms with Crippen LogP contribution in [0.1, 0.15) is 17.2 Å². The van der Waals surface area contributed by atoms with Gasteiger partial charge in [-0.25, -0.2) is 4.98 Å². The second-order valence-electron chi connectivity index (χ2n) is 6.77. The fourth-order valence-corrected chi connectivity index (χ4v) is 3.55. The minimum atomic E-state index is -4.38. The van der Waals surface area contributed by atoms with E-state index in [4.69, 9.17) is 14.6 Å². The first kappa shape index (κ1) is 21.5. The molecule has 1 aromatic carbocycles. The molecule has 1 aliphatic rings. The van der Waals surface area contributed by atoms with Crippen LogP contribution in [0.15, 0.2) is 61.2 Å². The van der Waals surface area contributed by atoms with Gasteiger partial charge in [-0.05, 0) is 36.2 Å². The zero-order valence-electron chi connectivity index (χ0n) is 15.9. The minimum absolute atomic E-state index is 0.0187. The van der Waals surface area contributed by atoms with Crippen molar-refractivity contribution in [1.29, 1.82) is 0 Å². The highest BCUT2D eigenvalue weighted by molar-refractivity contribution is 5.57. The summed E-state index contributed by atoms with van der Waals surface area (Å²) in [7, 11) is 0. The number of imidazole rings is 1. The summed E-state index contributed by atoms with van der Waals surface area (Å²) < 4.78 is 46.8. The Bertz CT molecular complexity index is 961. The van der Waals surface area contributed by atoms with Gasteiger partial charge in [-0.15, -0.1) is 0 Å². The van der Waals surface area contributed by atoms with Crippen molar-refractivity contribution in [3.8, 4) is 11.4 Å². The van der Waals surface area contributed by atoms with Crippen molar-refractivity contribution in [2.24, 2.45) is 5.92 Å². The predicted molar refractivity (Wildman–Crippen MR) is 103 cm³/mol. The Hall–Kier alpha value is -3.20. The van der Waals surface area contributed by atoms with Gasteiger partial charge in [0.25, 0.3) is 6.47 Å². The third-order valence-electron chi connectivity index (χ3n) is 4.89. The van der Waals surface area contributed by atoms with E-state index in [2.05, 4.69) is 9.97 Å². The van der Waals surface area contributed by atoms with E-state index in [0.717, 1.165) is 24.1 Å². The first-order chi connectivity index (χ1) is 14.4. The second kappa shape index (κ2) is 9.53. The van der Waals surface area contributed by atoms with Crippen molar-refractivity contribution < 1.29 is 27.8 Å². The maximum absolute atomic E-state index is 13.1. The van der Waals surface area contributed by atoms with E-state index in [1.54, 1.807) is 24.7 Å². The number of carbonyl (C=O) groups is 1. The topological polar surface area (TPSA) is 77.2 Å². The molecule has 0 saturated carbocycles. The number of benzene rings is 1. The molecule has 0 bridgehead atoms. The van der Waals surface area contributed by atoms with Crippen LogP contribution in [0.25, 0.3) is 11.4 Å². The molecule has 1 N–H and O–H groups in total. The summed E-state index contributed by atoms with van der Waals surface area (Å²) >= 11 is 0. The van der Waals surface area contributed by atoms with Gasteiger partial charge in [-0.1, -0.05) is 12.1 Å². The molecule has 3 heterocycles. The van der Waals surface area contributed by atoms with Crippen LogP contribution in [-0.4, -0.2) is 39.3 Å². The fourth-order valence-electron chi connectivity index (χ4n) is 3.55. The van der Waals surface area contributed by atoms with Gasteiger partial charge in [-0.3, -0.25) is 9.78 Å². The minimum Gasteiger partial charge on any atom is -0.483 e. The maximum Gasteiger partial charge on any atom is 0.416 e. The summed E-state index contributed by atoms with van der Waals surface area (Å²) in [6.07, 6.45) is 3.38. The highest BCUT2D eigenvalue weighted by atomic mass is 19.4. The molecule has 3 aromatic rings. The van der Waals surface area contributed by atoms with Crippen molar-refractivity contribution in [1.82, 2.24) is 14.5 Å². The molecule has 4 rings (SSSR count). The Morgan fingerprint density at radius 1 is 1.17 bits per heavy atom. The summed E-state index contributed by atoms with van der Waals surface area (Å²) in [5.41, 5.74) is 0.932. The summed E-state index contributed by atoms with van der Waals surface area (Å²) in [6.45, 7) is 0.866. The van der Waals surface area contributed by atoms with E-state index >= 15 is 0 Å². The number of pyridine rings is 1. The molecule has 0 amide bonds. The van der Waals surface area contributed by atoms with E-state index in [9.17, 15) is 13.2 Å². The lowest BCUT2D eigenvalue weighted by Crippen LogP contribution is -2.20. The Kier molecular flexibility index (Phi) is 6.83. The molecule has 0 radical (unpaired) electrons. The second-order valence-corrected chi connectivity index (χ2v) is 6.77. The predicted octanol–water partition coefficient (Wildman–Crippen LogP) is 4.09. The van der Waals surface area contributed by atoms with Crippen LogP contribution in [0.4, 0.5) is 13.2 Å². The first-order valence-electron chi connectivity index (χ1n) is 9.19. The van der Waals surface area contributed by atoms with Crippen molar-refractivity contribution >= 4 is 6.47 Å². The van der Waals surface area contributed by atoms with Crippen LogP contribution in [0, 0.1) is 5.92 Å². The molecule has 6 nitrogen and oxygen atoms in total. The first-order valence-corrected chi connectivity index (χ1v) is 9.19. The number of halogens is 3. The number of aromatic nitrogens is 3. The van der Waals surface area contributed by atoms with Crippen LogP contribution in [-0.2, 0) is 22.1 Å². The standard InChI is InChI=1S/C20H18F3N3O.CH2O2/c21-20(22,23)17-3-1-2-15(11-17)19-25-8-9-26(19)18-13-27-12-16(18)10-14-4-6-24-7-5-14;2-1-3/h1-9,11,16,18H,10,12-13H2;1H,(H,2,3)/t16-,18+;/m0./s1. The summed E-state index contributed by atoms with van der Waals surface area (Å²) in [4.78, 5) is 16.7. The Morgan fingerprint density at radius 3 is 2.60 bits per heavy atom. The number of rotatable bonds is 4. The normalized spacial score (nSPS) is 18.5. The lowest BCUT2D eigenvalue weighted by molar-refractivity contribution is -0.137. The van der Waals surface area contributed by atoms with Crippen molar-refractivity contribution in [3.05, 3.63) is 72.3 Å². The molecular formula is C21H20F3N3O3. The SMILES string of the molecule is FC(F)(F)c1cccc(-c2nccn2[C@@H]2COC[C@@H]2Cc2ccncc2)c1.O=CO. The van der Waals surface area contributed by atoms with Gasteiger partial charge in [0.05, 0.1) is 24.8 Å². The van der Waals surface area contributed by atoms with Crippen LogP contribution in [0.5, 0.6) is 0 Å². The van der Waals surface area contributed by atoms with Crippen molar-refractivity contribution in [2.75, 3.05) is 13.2 Å². The molecule has 158 valence electrons. The van der Waals surface area contributed by atoms with Gasteiger partial charge in [0, 0.05) is 36.3 Å². The lowest BCUT2D eigenvalue weighted by Gasteiger charge is -2.21. The van der Waals surface area contributed by atoms with Crippen LogP contribution < -0.4 is 0 Å². The lowest BCUT2D eigenvalue weighted by atomic mass is 9.95. The monoisotopic (exact) mass is 419 g/mol. The van der Waals surface area contributed by atoms with Gasteiger partial charge < -0.3 is 14.4 Å². The number of carboxylic acid groups (broad SMARTS) is 1. The Balaban J connectivity index is 0.000000806. The number of hydrogen-bond acceptors (Lipinski definition) is 4. The Labute approximate surface area is 171 Å². The number of alkyl halides is 3. The molecule has 1 fully saturated rings. The average Bonchev–Trinajstić information content (AvgIpc) is 3.38. The molecule has 9 heteroatoms. The molecule has 0 spiro atoms. The number of hydrogen-bond donors (Lipinski definition) is 1.